The summed E-state index contributed by atoms with van der Waals surface area (Å²) in [5, 5.41) is 0. The molecule has 0 fully saturated rings. The number of rotatable bonds is 17. The van der Waals surface area contributed by atoms with Crippen molar-refractivity contribution in [2.24, 2.45) is 0 Å². The monoisotopic (exact) mass is 391 g/mol. The van der Waals surface area contributed by atoms with E-state index in [0.29, 0.717) is 66.1 Å². The summed E-state index contributed by atoms with van der Waals surface area (Å²) < 4.78 is 31.3. The van der Waals surface area contributed by atoms with Gasteiger partial charge in [-0.05, 0) is 20.8 Å². The van der Waals surface area contributed by atoms with E-state index in [9.17, 15) is 4.79 Å². The maximum atomic E-state index is 11.3. The van der Waals surface area contributed by atoms with Crippen molar-refractivity contribution in [3.8, 4) is 12.3 Å². The first-order chi connectivity index (χ1) is 13.0. The van der Waals surface area contributed by atoms with Crippen LogP contribution in [0.25, 0.3) is 0 Å². The van der Waals surface area contributed by atoms with Gasteiger partial charge in [-0.3, -0.25) is 4.84 Å². The lowest BCUT2D eigenvalue weighted by Crippen LogP contribution is -2.33. The highest BCUT2D eigenvalue weighted by Crippen LogP contribution is 2.06. The summed E-state index contributed by atoms with van der Waals surface area (Å²) in [4.78, 5) is 16.2. The number of carbonyl (C=O) groups is 1. The van der Waals surface area contributed by atoms with E-state index < -0.39 is 11.7 Å². The number of ether oxygens (including phenoxy) is 6. The van der Waals surface area contributed by atoms with Crippen LogP contribution < -0.4 is 5.48 Å². The van der Waals surface area contributed by atoms with Crippen LogP contribution in [-0.2, 0) is 33.3 Å². The van der Waals surface area contributed by atoms with Crippen molar-refractivity contribution < 1.29 is 38.1 Å². The first-order valence-electron chi connectivity index (χ1n) is 8.88. The molecule has 0 aromatic carbocycles. The fraction of sp³-hybridized carbons (Fsp3) is 0.833. The molecule has 0 rings (SSSR count). The maximum Gasteiger partial charge on any atom is 0.431 e. The fourth-order valence-corrected chi connectivity index (χ4v) is 1.52. The second-order valence-corrected chi connectivity index (χ2v) is 6.16. The number of hydrogen-bond acceptors (Lipinski definition) is 8. The number of amides is 1. The normalized spacial score (nSPS) is 11.2. The van der Waals surface area contributed by atoms with Gasteiger partial charge in [-0.2, -0.15) is 5.48 Å². The van der Waals surface area contributed by atoms with E-state index in [2.05, 4.69) is 11.4 Å². The van der Waals surface area contributed by atoms with Crippen LogP contribution in [0.3, 0.4) is 0 Å². The Kier molecular flexibility index (Phi) is 17.0. The van der Waals surface area contributed by atoms with Gasteiger partial charge in [0, 0.05) is 0 Å². The second kappa shape index (κ2) is 18.0. The summed E-state index contributed by atoms with van der Waals surface area (Å²) >= 11 is 0. The molecule has 158 valence electrons. The van der Waals surface area contributed by atoms with Crippen LogP contribution in [0, 0.1) is 12.3 Å². The molecule has 0 aliphatic rings. The van der Waals surface area contributed by atoms with E-state index >= 15 is 0 Å². The van der Waals surface area contributed by atoms with Crippen molar-refractivity contribution in [3.05, 3.63) is 0 Å². The Morgan fingerprint density at radius 2 is 1.19 bits per heavy atom. The summed E-state index contributed by atoms with van der Waals surface area (Å²) in [6.45, 7) is 9.98. The average Bonchev–Trinajstić information content (AvgIpc) is 2.59. The highest BCUT2D eigenvalue weighted by molar-refractivity contribution is 5.66. The van der Waals surface area contributed by atoms with E-state index in [0.717, 1.165) is 0 Å². The van der Waals surface area contributed by atoms with Crippen LogP contribution in [0.1, 0.15) is 20.8 Å². The van der Waals surface area contributed by atoms with Gasteiger partial charge in [-0.15, -0.1) is 6.42 Å². The summed E-state index contributed by atoms with van der Waals surface area (Å²) in [6.07, 6.45) is 4.41. The molecule has 0 heterocycles. The zero-order chi connectivity index (χ0) is 20.2. The lowest BCUT2D eigenvalue weighted by molar-refractivity contribution is -0.0372. The maximum absolute atomic E-state index is 11.3. The minimum absolute atomic E-state index is 0.218. The van der Waals surface area contributed by atoms with Gasteiger partial charge in [0.05, 0.1) is 66.1 Å². The Balaban J connectivity index is 3.13. The van der Waals surface area contributed by atoms with Crippen molar-refractivity contribution in [2.75, 3.05) is 72.7 Å². The zero-order valence-electron chi connectivity index (χ0n) is 16.6. The average molecular weight is 391 g/mol. The minimum Gasteiger partial charge on any atom is -0.442 e. The SMILES string of the molecule is C#CCOCCOCCOCCOCCOCCONC(=O)OC(C)(C)C. The third kappa shape index (κ3) is 22.5. The Morgan fingerprint density at radius 3 is 1.59 bits per heavy atom. The fourth-order valence-electron chi connectivity index (χ4n) is 1.52. The molecular weight excluding hydrogens is 358 g/mol. The van der Waals surface area contributed by atoms with Crippen molar-refractivity contribution in [2.45, 2.75) is 26.4 Å². The molecule has 0 unspecified atom stereocenters. The van der Waals surface area contributed by atoms with Gasteiger partial charge in [-0.1, -0.05) is 5.92 Å². The molecule has 0 saturated heterocycles. The van der Waals surface area contributed by atoms with Gasteiger partial charge >= 0.3 is 6.09 Å². The van der Waals surface area contributed by atoms with Gasteiger partial charge in [0.25, 0.3) is 0 Å². The molecule has 9 nitrogen and oxygen atoms in total. The summed E-state index contributed by atoms with van der Waals surface area (Å²) in [6, 6.07) is 0. The lowest BCUT2D eigenvalue weighted by atomic mass is 10.2. The second-order valence-electron chi connectivity index (χ2n) is 6.16. The largest absolute Gasteiger partial charge is 0.442 e. The molecule has 0 spiro atoms. The van der Waals surface area contributed by atoms with E-state index in [1.807, 2.05) is 0 Å². The molecule has 0 bridgehead atoms. The summed E-state index contributed by atoms with van der Waals surface area (Å²) in [5.74, 6) is 2.38. The van der Waals surface area contributed by atoms with E-state index in [1.54, 1.807) is 20.8 Å². The van der Waals surface area contributed by atoms with E-state index in [1.165, 1.54) is 0 Å². The van der Waals surface area contributed by atoms with Crippen LogP contribution in [0.5, 0.6) is 0 Å². The lowest BCUT2D eigenvalue weighted by Gasteiger charge is -2.19. The van der Waals surface area contributed by atoms with Crippen LogP contribution in [0.4, 0.5) is 4.79 Å². The number of hydrogen-bond donors (Lipinski definition) is 1. The molecule has 0 saturated carbocycles. The molecule has 0 aliphatic carbocycles. The van der Waals surface area contributed by atoms with Crippen molar-refractivity contribution in [3.63, 3.8) is 0 Å². The summed E-state index contributed by atoms with van der Waals surface area (Å²) in [7, 11) is 0. The van der Waals surface area contributed by atoms with Gasteiger partial charge in [-0.25, -0.2) is 4.79 Å². The van der Waals surface area contributed by atoms with Gasteiger partial charge in [0.2, 0.25) is 0 Å². The van der Waals surface area contributed by atoms with Crippen LogP contribution in [0.15, 0.2) is 0 Å². The molecule has 0 atom stereocenters. The first-order valence-corrected chi connectivity index (χ1v) is 8.88. The number of carbonyl (C=O) groups excluding carboxylic acids is 1. The molecule has 0 aromatic rings. The quantitative estimate of drug-likeness (QED) is 0.224. The minimum atomic E-state index is -0.631. The number of nitrogens with one attached hydrogen (secondary N) is 1. The summed E-state index contributed by atoms with van der Waals surface area (Å²) in [5.41, 5.74) is 1.62. The third-order valence-electron chi connectivity index (χ3n) is 2.56. The first kappa shape index (κ1) is 25.6. The molecule has 1 N–H and O–H groups in total. The van der Waals surface area contributed by atoms with Crippen LogP contribution in [-0.4, -0.2) is 84.4 Å². The topological polar surface area (TPSA) is 93.7 Å². The van der Waals surface area contributed by atoms with E-state index in [4.69, 9.17) is 39.7 Å². The Bertz CT molecular complexity index is 392. The predicted octanol–water partition coefficient (Wildman–Crippen LogP) is 1.16. The molecule has 9 heteroatoms. The molecule has 0 aliphatic heterocycles. The molecule has 0 aromatic heterocycles. The van der Waals surface area contributed by atoms with Gasteiger partial charge < -0.3 is 28.4 Å². The molecule has 1 amide bonds. The van der Waals surface area contributed by atoms with Crippen molar-refractivity contribution in [1.29, 1.82) is 0 Å². The van der Waals surface area contributed by atoms with Crippen LogP contribution >= 0.6 is 0 Å². The molecular formula is C18H33NO8. The number of hydroxylamine groups is 1. The highest BCUT2D eigenvalue weighted by Gasteiger charge is 2.15. The zero-order valence-corrected chi connectivity index (χ0v) is 16.6. The standard InChI is InChI=1S/C18H33NO8/c1-5-6-21-7-8-22-9-10-23-11-12-24-13-14-25-15-16-26-19-17(20)27-18(2,3)4/h1H,6-16H2,2-4H3,(H,19,20). The number of terminal acetylenes is 1. The van der Waals surface area contributed by atoms with Crippen molar-refractivity contribution >= 4 is 6.09 Å². The van der Waals surface area contributed by atoms with Crippen LogP contribution in [0.2, 0.25) is 0 Å². The third-order valence-corrected chi connectivity index (χ3v) is 2.56. The van der Waals surface area contributed by atoms with Crippen molar-refractivity contribution in [1.82, 2.24) is 5.48 Å². The Hall–Kier alpha value is -1.41. The van der Waals surface area contributed by atoms with Gasteiger partial charge in [0.15, 0.2) is 0 Å². The molecule has 0 radical (unpaired) electrons. The predicted molar refractivity (Wildman–Crippen MR) is 98.2 cm³/mol. The van der Waals surface area contributed by atoms with Gasteiger partial charge in [0.1, 0.15) is 12.2 Å². The highest BCUT2D eigenvalue weighted by atomic mass is 16.7. The van der Waals surface area contributed by atoms with E-state index in [-0.39, 0.29) is 6.61 Å². The smallest absolute Gasteiger partial charge is 0.431 e. The Morgan fingerprint density at radius 1 is 0.778 bits per heavy atom. The Labute approximate surface area is 161 Å². The molecule has 27 heavy (non-hydrogen) atoms.